The summed E-state index contributed by atoms with van der Waals surface area (Å²) in [4.78, 5) is 5.20. The summed E-state index contributed by atoms with van der Waals surface area (Å²) >= 11 is 0. The molecule has 0 unspecified atom stereocenters. The first-order chi connectivity index (χ1) is 13.5. The second-order valence-corrected chi connectivity index (χ2v) is 29.0. The van der Waals surface area contributed by atoms with E-state index in [1.165, 1.54) is 5.82 Å². The Hall–Kier alpha value is -0.339. The molecule has 0 aliphatic heterocycles. The van der Waals surface area contributed by atoms with Gasteiger partial charge in [0, 0.05) is 6.20 Å². The van der Waals surface area contributed by atoms with Crippen LogP contribution in [-0.4, -0.2) is 33.9 Å². The first-order valence-corrected chi connectivity index (χ1v) is 20.1. The molecule has 0 N–H and O–H groups in total. The van der Waals surface area contributed by atoms with Gasteiger partial charge in [-0.15, -0.1) is 0 Å². The van der Waals surface area contributed by atoms with E-state index in [1.807, 2.05) is 0 Å². The van der Waals surface area contributed by atoms with Crippen LogP contribution in [0.3, 0.4) is 0 Å². The van der Waals surface area contributed by atoms with Crippen LogP contribution in [0.25, 0.3) is 0 Å². The second kappa shape index (κ2) is 9.65. The minimum absolute atomic E-state index is 0.678. The van der Waals surface area contributed by atoms with E-state index in [-0.39, 0.29) is 0 Å². The first-order valence-electron chi connectivity index (χ1n) is 12.3. The maximum absolute atomic E-state index is 5.20. The summed E-state index contributed by atoms with van der Waals surface area (Å²) in [5, 5.41) is 0. The summed E-state index contributed by atoms with van der Waals surface area (Å²) in [6.45, 7) is 37.4. The summed E-state index contributed by atoms with van der Waals surface area (Å²) in [6.07, 6.45) is 4.59. The fraction of sp³-hybridized carbons (Fsp3) is 0.875. The standard InChI is InChI=1S/C24H53N3Si3/c1-18(2)29(19(3)4,20(5)6)27(24-16-26(17-25-24)28(13,14)15)30(21(7)8,22(9)10)23(11)12/h16-23H,1-15H3. The van der Waals surface area contributed by atoms with Gasteiger partial charge in [-0.25, -0.2) is 4.98 Å². The van der Waals surface area contributed by atoms with Crippen LogP contribution in [0.4, 0.5) is 5.82 Å². The van der Waals surface area contributed by atoms with Crippen molar-refractivity contribution in [3.05, 3.63) is 12.5 Å². The molecule has 0 aliphatic carbocycles. The van der Waals surface area contributed by atoms with Crippen molar-refractivity contribution in [1.29, 1.82) is 0 Å². The summed E-state index contributed by atoms with van der Waals surface area (Å²) < 4.78 is 5.59. The molecule has 30 heavy (non-hydrogen) atoms. The Kier molecular flexibility index (Phi) is 8.91. The molecule has 0 radical (unpaired) electrons. The molecule has 0 saturated heterocycles. The van der Waals surface area contributed by atoms with Gasteiger partial charge in [0.15, 0.2) is 24.7 Å². The van der Waals surface area contributed by atoms with Crippen LogP contribution in [0.1, 0.15) is 83.1 Å². The highest BCUT2D eigenvalue weighted by molar-refractivity contribution is 7.05. The van der Waals surface area contributed by atoms with Gasteiger partial charge in [-0.05, 0) is 33.2 Å². The number of hydrogen-bond donors (Lipinski definition) is 0. The lowest BCUT2D eigenvalue weighted by Gasteiger charge is -2.63. The summed E-state index contributed by atoms with van der Waals surface area (Å²) in [5.74, 6) is 1.29. The topological polar surface area (TPSA) is 21.1 Å². The van der Waals surface area contributed by atoms with Gasteiger partial charge >= 0.3 is 0 Å². The zero-order valence-electron chi connectivity index (χ0n) is 23.0. The maximum atomic E-state index is 5.20. The second-order valence-electron chi connectivity index (χ2n) is 12.3. The summed E-state index contributed by atoms with van der Waals surface area (Å²) in [6, 6.07) is 0. The lowest BCUT2D eigenvalue weighted by molar-refractivity contribution is 0.758. The van der Waals surface area contributed by atoms with Crippen molar-refractivity contribution in [3.63, 3.8) is 0 Å². The molecule has 0 bridgehead atoms. The van der Waals surface area contributed by atoms with Crippen LogP contribution < -0.4 is 4.23 Å². The average molecular weight is 468 g/mol. The van der Waals surface area contributed by atoms with Gasteiger partial charge in [-0.3, -0.25) is 0 Å². The molecule has 3 nitrogen and oxygen atoms in total. The van der Waals surface area contributed by atoms with Crippen molar-refractivity contribution in [1.82, 2.24) is 9.22 Å². The van der Waals surface area contributed by atoms with E-state index in [4.69, 9.17) is 4.98 Å². The average Bonchev–Trinajstić information content (AvgIpc) is 3.01. The quantitative estimate of drug-likeness (QED) is 0.321. The lowest BCUT2D eigenvalue weighted by atomic mass is 10.5. The van der Waals surface area contributed by atoms with Gasteiger partial charge in [0.25, 0.3) is 0 Å². The van der Waals surface area contributed by atoms with Gasteiger partial charge < -0.3 is 8.46 Å². The molecule has 1 rings (SSSR count). The van der Waals surface area contributed by atoms with Gasteiger partial charge in [0.2, 0.25) is 0 Å². The highest BCUT2D eigenvalue weighted by Crippen LogP contribution is 2.55. The van der Waals surface area contributed by atoms with E-state index in [2.05, 4.69) is 124 Å². The van der Waals surface area contributed by atoms with E-state index < -0.39 is 24.7 Å². The molecule has 0 amide bonds. The Morgan fingerprint density at radius 2 is 0.933 bits per heavy atom. The van der Waals surface area contributed by atoms with Crippen molar-refractivity contribution in [3.8, 4) is 0 Å². The first kappa shape index (κ1) is 27.7. The van der Waals surface area contributed by atoms with Crippen LogP contribution in [0.5, 0.6) is 0 Å². The predicted molar refractivity (Wildman–Crippen MR) is 146 cm³/mol. The molecule has 0 atom stereocenters. The number of nitrogens with zero attached hydrogens (tertiary/aromatic N) is 3. The van der Waals surface area contributed by atoms with Gasteiger partial charge in [0.05, 0.1) is 6.33 Å². The van der Waals surface area contributed by atoms with Crippen molar-refractivity contribution >= 4 is 30.5 Å². The van der Waals surface area contributed by atoms with E-state index in [9.17, 15) is 0 Å². The Balaban J connectivity index is 4.13. The van der Waals surface area contributed by atoms with Crippen LogP contribution in [0.2, 0.25) is 52.9 Å². The van der Waals surface area contributed by atoms with Gasteiger partial charge in [-0.2, -0.15) is 0 Å². The molecule has 1 aromatic rings. The van der Waals surface area contributed by atoms with Crippen LogP contribution in [0, 0.1) is 0 Å². The normalized spacial score (nSPS) is 14.3. The fourth-order valence-electron chi connectivity index (χ4n) is 7.08. The number of hydrogen-bond acceptors (Lipinski definition) is 2. The van der Waals surface area contributed by atoms with Crippen molar-refractivity contribution in [2.45, 2.75) is 136 Å². The molecule has 0 aliphatic rings. The zero-order chi connectivity index (χ0) is 23.8. The van der Waals surface area contributed by atoms with E-state index in [1.54, 1.807) is 0 Å². The third kappa shape index (κ3) is 4.42. The SMILES string of the molecule is CC(C)[Si](C(C)C)(C(C)C)N(c1cn([Si](C)(C)C)cn1)[Si](C(C)C)(C(C)C)C(C)C. The maximum Gasteiger partial charge on any atom is 0.157 e. The van der Waals surface area contributed by atoms with E-state index in [0.29, 0.717) is 33.2 Å². The number of rotatable bonds is 10. The number of imidazole rings is 1. The zero-order valence-corrected chi connectivity index (χ0v) is 26.0. The number of aromatic nitrogens is 2. The van der Waals surface area contributed by atoms with Gasteiger partial charge in [0.1, 0.15) is 5.82 Å². The molecule has 0 saturated carbocycles. The molecule has 1 aromatic heterocycles. The third-order valence-corrected chi connectivity index (χ3v) is 25.1. The third-order valence-electron chi connectivity index (χ3n) is 7.90. The largest absolute Gasteiger partial charge is 0.406 e. The molecular formula is C24H53N3Si3. The smallest absolute Gasteiger partial charge is 0.157 e. The fourth-order valence-corrected chi connectivity index (χ4v) is 27.4. The molecule has 1 heterocycles. The molecule has 176 valence electrons. The van der Waals surface area contributed by atoms with Gasteiger partial charge in [-0.1, -0.05) is 103 Å². The number of anilines is 1. The highest BCUT2D eigenvalue weighted by atomic mass is 28.4. The predicted octanol–water partition coefficient (Wildman–Crippen LogP) is 8.72. The Bertz CT molecular complexity index is 594. The molecule has 0 spiro atoms. The van der Waals surface area contributed by atoms with Crippen molar-refractivity contribution < 1.29 is 0 Å². The minimum atomic E-state index is -1.93. The van der Waals surface area contributed by atoms with Crippen molar-refractivity contribution in [2.24, 2.45) is 0 Å². The molecule has 0 fully saturated rings. The van der Waals surface area contributed by atoms with E-state index in [0.717, 1.165) is 0 Å². The Labute approximate surface area is 192 Å². The monoisotopic (exact) mass is 467 g/mol. The summed E-state index contributed by atoms with van der Waals surface area (Å²) in [5.41, 5.74) is 4.07. The van der Waals surface area contributed by atoms with Crippen LogP contribution in [0.15, 0.2) is 12.5 Å². The Morgan fingerprint density at radius 3 is 1.13 bits per heavy atom. The highest BCUT2D eigenvalue weighted by Gasteiger charge is 2.60. The molecule has 6 heteroatoms. The van der Waals surface area contributed by atoms with E-state index >= 15 is 0 Å². The van der Waals surface area contributed by atoms with Crippen LogP contribution in [-0.2, 0) is 0 Å². The minimum Gasteiger partial charge on any atom is -0.406 e. The lowest BCUT2D eigenvalue weighted by Crippen LogP contribution is -2.74. The van der Waals surface area contributed by atoms with Crippen molar-refractivity contribution in [2.75, 3.05) is 4.23 Å². The molecular weight excluding hydrogens is 415 g/mol. The molecule has 0 aromatic carbocycles. The summed E-state index contributed by atoms with van der Waals surface area (Å²) in [7, 11) is -5.35. The van der Waals surface area contributed by atoms with Crippen LogP contribution >= 0.6 is 0 Å². The Morgan fingerprint density at radius 1 is 0.633 bits per heavy atom.